The van der Waals surface area contributed by atoms with Crippen LogP contribution in [0.15, 0.2) is 0 Å². The minimum atomic E-state index is -1.34. The molecule has 0 fully saturated rings. The Morgan fingerprint density at radius 3 is 2.33 bits per heavy atom. The van der Waals surface area contributed by atoms with Crippen molar-refractivity contribution in [3.8, 4) is 0 Å². The van der Waals surface area contributed by atoms with Crippen LogP contribution in [0.25, 0.3) is 0 Å². The van der Waals surface area contributed by atoms with Crippen LogP contribution in [0.5, 0.6) is 0 Å². The topological polar surface area (TPSA) is 121 Å². The molecular formula is C5H10N3NaO3. The van der Waals surface area contributed by atoms with Crippen molar-refractivity contribution in [3.63, 3.8) is 0 Å². The smallest absolute Gasteiger partial charge is 0.548 e. The van der Waals surface area contributed by atoms with Crippen molar-refractivity contribution >= 4 is 12.0 Å². The SMILES string of the molecule is NC(=O)NCC[C@H](N)C(=O)[O-].[Na+]. The van der Waals surface area contributed by atoms with Gasteiger partial charge in [-0.05, 0) is 6.42 Å². The summed E-state index contributed by atoms with van der Waals surface area (Å²) in [4.78, 5) is 20.1. The van der Waals surface area contributed by atoms with E-state index in [4.69, 9.17) is 11.5 Å². The maximum absolute atomic E-state index is 10.1. The monoisotopic (exact) mass is 183 g/mol. The van der Waals surface area contributed by atoms with E-state index in [0.29, 0.717) is 0 Å². The van der Waals surface area contributed by atoms with Crippen molar-refractivity contribution in [2.75, 3.05) is 6.54 Å². The van der Waals surface area contributed by atoms with E-state index in [-0.39, 0.29) is 42.5 Å². The molecule has 0 aliphatic heterocycles. The summed E-state index contributed by atoms with van der Waals surface area (Å²) in [7, 11) is 0. The first-order valence-electron chi connectivity index (χ1n) is 3.03. The van der Waals surface area contributed by atoms with Gasteiger partial charge in [-0.2, -0.15) is 0 Å². The zero-order chi connectivity index (χ0) is 8.85. The van der Waals surface area contributed by atoms with Crippen molar-refractivity contribution < 1.29 is 44.3 Å². The molecule has 0 aromatic heterocycles. The van der Waals surface area contributed by atoms with Gasteiger partial charge in [0.2, 0.25) is 0 Å². The molecule has 0 saturated carbocycles. The predicted octanol–water partition coefficient (Wildman–Crippen LogP) is -5.87. The van der Waals surface area contributed by atoms with Crippen LogP contribution in [-0.4, -0.2) is 24.6 Å². The van der Waals surface area contributed by atoms with Crippen molar-refractivity contribution in [1.82, 2.24) is 5.32 Å². The molecule has 0 saturated heterocycles. The molecule has 6 nitrogen and oxygen atoms in total. The molecule has 64 valence electrons. The van der Waals surface area contributed by atoms with Crippen LogP contribution in [0, 0.1) is 0 Å². The van der Waals surface area contributed by atoms with Gasteiger partial charge in [-0.25, -0.2) is 4.79 Å². The standard InChI is InChI=1S/C5H11N3O3.Na/c6-3(4(9)10)1-2-8-5(7)11;/h3H,1-2,6H2,(H,9,10)(H3,7,8,11);/q;+1/p-1/t3-;/m0./s1. The summed E-state index contributed by atoms with van der Waals surface area (Å²) in [6.07, 6.45) is 0.116. The largest absolute Gasteiger partial charge is 1.00 e. The van der Waals surface area contributed by atoms with Gasteiger partial charge >= 0.3 is 35.6 Å². The summed E-state index contributed by atoms with van der Waals surface area (Å²) < 4.78 is 0. The Morgan fingerprint density at radius 1 is 1.50 bits per heavy atom. The number of aliphatic carboxylic acids is 1. The zero-order valence-corrected chi connectivity index (χ0v) is 8.87. The number of rotatable bonds is 4. The normalized spacial score (nSPS) is 11.1. The average molecular weight is 183 g/mol. The van der Waals surface area contributed by atoms with E-state index in [2.05, 4.69) is 5.32 Å². The molecule has 0 bridgehead atoms. The zero-order valence-electron chi connectivity index (χ0n) is 6.87. The number of urea groups is 1. The maximum Gasteiger partial charge on any atom is 1.00 e. The Labute approximate surface area is 92.0 Å². The van der Waals surface area contributed by atoms with E-state index >= 15 is 0 Å². The third-order valence-electron chi connectivity index (χ3n) is 1.06. The van der Waals surface area contributed by atoms with Gasteiger partial charge < -0.3 is 26.7 Å². The minimum Gasteiger partial charge on any atom is -0.548 e. The first-order chi connectivity index (χ1) is 5.04. The molecule has 2 amide bonds. The van der Waals surface area contributed by atoms with E-state index in [1.807, 2.05) is 0 Å². The molecule has 0 aromatic rings. The molecular weight excluding hydrogens is 173 g/mol. The Morgan fingerprint density at radius 2 is 2.00 bits per heavy atom. The van der Waals surface area contributed by atoms with Crippen LogP contribution in [0.4, 0.5) is 4.79 Å². The van der Waals surface area contributed by atoms with Crippen molar-refractivity contribution in [3.05, 3.63) is 0 Å². The second kappa shape index (κ2) is 7.35. The summed E-state index contributed by atoms with van der Waals surface area (Å²) in [5, 5.41) is 12.2. The molecule has 0 rings (SSSR count). The maximum atomic E-state index is 10.1. The van der Waals surface area contributed by atoms with Crippen molar-refractivity contribution in [1.29, 1.82) is 0 Å². The molecule has 0 aromatic carbocycles. The Balaban J connectivity index is 0. The van der Waals surface area contributed by atoms with Gasteiger partial charge in [0.25, 0.3) is 0 Å². The number of hydrogen-bond donors (Lipinski definition) is 3. The first-order valence-corrected chi connectivity index (χ1v) is 3.03. The number of amides is 2. The number of primary amides is 1. The summed E-state index contributed by atoms with van der Waals surface area (Å²) in [6.45, 7) is 0.143. The fourth-order valence-corrected chi connectivity index (χ4v) is 0.469. The van der Waals surface area contributed by atoms with Gasteiger partial charge in [0.15, 0.2) is 0 Å². The molecule has 0 aliphatic carbocycles. The van der Waals surface area contributed by atoms with E-state index in [0.717, 1.165) is 0 Å². The molecule has 0 aliphatic rings. The average Bonchev–Trinajstić information content (AvgIpc) is 1.86. The van der Waals surface area contributed by atoms with E-state index in [1.54, 1.807) is 0 Å². The van der Waals surface area contributed by atoms with Crippen LogP contribution in [0.3, 0.4) is 0 Å². The van der Waals surface area contributed by atoms with Crippen LogP contribution in [-0.2, 0) is 4.79 Å². The molecule has 7 heteroatoms. The van der Waals surface area contributed by atoms with Crippen molar-refractivity contribution in [2.45, 2.75) is 12.5 Å². The number of carbonyl (C=O) groups excluding carboxylic acids is 2. The Hall–Kier alpha value is -0.300. The molecule has 0 spiro atoms. The second-order valence-electron chi connectivity index (χ2n) is 2.01. The third kappa shape index (κ3) is 7.80. The van der Waals surface area contributed by atoms with Gasteiger partial charge in [-0.1, -0.05) is 0 Å². The second-order valence-corrected chi connectivity index (χ2v) is 2.01. The fraction of sp³-hybridized carbons (Fsp3) is 0.600. The number of nitrogens with one attached hydrogen (secondary N) is 1. The quantitative estimate of drug-likeness (QED) is 0.376. The third-order valence-corrected chi connectivity index (χ3v) is 1.06. The van der Waals surface area contributed by atoms with Gasteiger partial charge in [0.05, 0.1) is 5.97 Å². The van der Waals surface area contributed by atoms with Crippen LogP contribution < -0.4 is 51.4 Å². The van der Waals surface area contributed by atoms with Crippen molar-refractivity contribution in [2.24, 2.45) is 11.5 Å². The predicted molar refractivity (Wildman–Crippen MR) is 35.2 cm³/mol. The minimum absolute atomic E-state index is 0. The number of hydrogen-bond acceptors (Lipinski definition) is 4. The van der Waals surface area contributed by atoms with E-state index < -0.39 is 18.0 Å². The Bertz CT molecular complexity index is 164. The molecule has 0 unspecified atom stereocenters. The van der Waals surface area contributed by atoms with Crippen LogP contribution in [0.1, 0.15) is 6.42 Å². The summed E-state index contributed by atoms with van der Waals surface area (Å²) in [5.74, 6) is -1.34. The van der Waals surface area contributed by atoms with Gasteiger partial charge in [-0.15, -0.1) is 0 Å². The van der Waals surface area contributed by atoms with Gasteiger partial charge in [0.1, 0.15) is 0 Å². The van der Waals surface area contributed by atoms with E-state index in [9.17, 15) is 14.7 Å². The fourth-order valence-electron chi connectivity index (χ4n) is 0.469. The van der Waals surface area contributed by atoms with E-state index in [1.165, 1.54) is 0 Å². The molecule has 0 radical (unpaired) electrons. The van der Waals surface area contributed by atoms with Crippen LogP contribution in [0.2, 0.25) is 0 Å². The molecule has 12 heavy (non-hydrogen) atoms. The number of carboxylic acids is 1. The number of carbonyl (C=O) groups is 2. The van der Waals surface area contributed by atoms with Crippen LogP contribution >= 0.6 is 0 Å². The summed E-state index contributed by atoms with van der Waals surface area (Å²) in [6, 6.07) is -1.75. The number of carboxylic acid groups (broad SMARTS) is 1. The number of nitrogens with two attached hydrogens (primary N) is 2. The van der Waals surface area contributed by atoms with Gasteiger partial charge in [-0.3, -0.25) is 0 Å². The summed E-state index contributed by atoms with van der Waals surface area (Å²) >= 11 is 0. The molecule has 0 heterocycles. The molecule has 5 N–H and O–H groups in total. The Kier molecular flexibility index (Phi) is 8.73. The first kappa shape index (κ1) is 14.2. The summed E-state index contributed by atoms with van der Waals surface area (Å²) in [5.41, 5.74) is 9.75. The molecule has 1 atom stereocenters. The van der Waals surface area contributed by atoms with Gasteiger partial charge in [0, 0.05) is 12.6 Å².